The number of fused-ring (bicyclic) bond motifs is 3. The lowest BCUT2D eigenvalue weighted by atomic mass is 9.94. The summed E-state index contributed by atoms with van der Waals surface area (Å²) >= 11 is 0. The van der Waals surface area contributed by atoms with Gasteiger partial charge in [-0.2, -0.15) is 0 Å². The molecule has 1 fully saturated rings. The Balaban J connectivity index is 1.38. The first-order valence-corrected chi connectivity index (χ1v) is 12.6. The highest BCUT2D eigenvalue weighted by atomic mass is 16.5. The monoisotopic (exact) mass is 478 g/mol. The van der Waals surface area contributed by atoms with Crippen LogP contribution in [0.15, 0.2) is 48.5 Å². The molecule has 3 atom stereocenters. The summed E-state index contributed by atoms with van der Waals surface area (Å²) in [7, 11) is 0. The Kier molecular flexibility index (Phi) is 8.06. The molecule has 7 nitrogen and oxygen atoms in total. The number of carbonyl (C=O) groups excluding carboxylic acids is 2. The van der Waals surface area contributed by atoms with Crippen LogP contribution in [-0.4, -0.2) is 41.8 Å². The fraction of sp³-hybridized carbons (Fsp3) is 0.464. The Morgan fingerprint density at radius 3 is 2.23 bits per heavy atom. The van der Waals surface area contributed by atoms with E-state index in [1.807, 2.05) is 31.2 Å². The van der Waals surface area contributed by atoms with Crippen molar-refractivity contribution >= 4 is 18.0 Å². The van der Waals surface area contributed by atoms with Crippen LogP contribution in [-0.2, 0) is 14.3 Å². The quantitative estimate of drug-likeness (QED) is 0.471. The highest BCUT2D eigenvalue weighted by molar-refractivity contribution is 5.86. The van der Waals surface area contributed by atoms with Crippen molar-refractivity contribution < 1.29 is 24.2 Å². The molecular formula is C28H34N2O5. The fourth-order valence-electron chi connectivity index (χ4n) is 5.40. The van der Waals surface area contributed by atoms with Gasteiger partial charge in [0.2, 0.25) is 5.91 Å². The van der Waals surface area contributed by atoms with E-state index < -0.39 is 30.1 Å². The van der Waals surface area contributed by atoms with E-state index in [1.54, 1.807) is 0 Å². The molecule has 2 aromatic carbocycles. The summed E-state index contributed by atoms with van der Waals surface area (Å²) in [6, 6.07) is 15.0. The van der Waals surface area contributed by atoms with Gasteiger partial charge in [-0.15, -0.1) is 0 Å². The second-order valence-electron chi connectivity index (χ2n) is 9.51. The van der Waals surface area contributed by atoms with Gasteiger partial charge in [-0.25, -0.2) is 4.79 Å². The number of benzene rings is 2. The lowest BCUT2D eigenvalue weighted by molar-refractivity contribution is -0.143. The molecule has 0 saturated heterocycles. The largest absolute Gasteiger partial charge is 0.481 e. The van der Waals surface area contributed by atoms with Crippen LogP contribution in [0.25, 0.3) is 11.1 Å². The van der Waals surface area contributed by atoms with E-state index >= 15 is 0 Å². The number of carboxylic acids is 1. The van der Waals surface area contributed by atoms with Crippen molar-refractivity contribution in [2.45, 2.75) is 69.9 Å². The lowest BCUT2D eigenvalue weighted by Gasteiger charge is -2.26. The number of alkyl carbamates (subject to hydrolysis) is 1. The summed E-state index contributed by atoms with van der Waals surface area (Å²) in [4.78, 5) is 37.5. The third-order valence-electron chi connectivity index (χ3n) is 7.19. The first kappa shape index (κ1) is 24.8. The number of amides is 2. The van der Waals surface area contributed by atoms with Gasteiger partial charge in [-0.3, -0.25) is 9.59 Å². The molecule has 35 heavy (non-hydrogen) atoms. The summed E-state index contributed by atoms with van der Waals surface area (Å²) in [6.07, 6.45) is 4.37. The maximum absolute atomic E-state index is 13.0. The van der Waals surface area contributed by atoms with Crippen LogP contribution in [0.4, 0.5) is 4.79 Å². The second-order valence-corrected chi connectivity index (χ2v) is 9.51. The molecule has 0 radical (unpaired) electrons. The van der Waals surface area contributed by atoms with Crippen molar-refractivity contribution in [3.05, 3.63) is 59.7 Å². The third kappa shape index (κ3) is 5.66. The summed E-state index contributed by atoms with van der Waals surface area (Å²) in [6.45, 7) is 2.11. The van der Waals surface area contributed by atoms with E-state index in [2.05, 4.69) is 34.9 Å². The summed E-state index contributed by atoms with van der Waals surface area (Å²) in [5.41, 5.74) is 4.54. The van der Waals surface area contributed by atoms with Gasteiger partial charge in [-0.05, 0) is 41.5 Å². The highest BCUT2D eigenvalue weighted by Gasteiger charge is 2.33. The van der Waals surface area contributed by atoms with Gasteiger partial charge in [0, 0.05) is 12.0 Å². The normalized spacial score (nSPS) is 20.1. The number of rotatable bonds is 8. The average molecular weight is 479 g/mol. The third-order valence-corrected chi connectivity index (χ3v) is 7.19. The number of carbonyl (C=O) groups is 3. The van der Waals surface area contributed by atoms with Gasteiger partial charge in [0.15, 0.2) is 0 Å². The molecular weight excluding hydrogens is 444 g/mol. The van der Waals surface area contributed by atoms with Gasteiger partial charge >= 0.3 is 12.1 Å². The lowest BCUT2D eigenvalue weighted by Crippen LogP contribution is -2.52. The van der Waals surface area contributed by atoms with Crippen LogP contribution >= 0.6 is 0 Å². The Hall–Kier alpha value is -3.35. The fourth-order valence-corrected chi connectivity index (χ4v) is 5.40. The van der Waals surface area contributed by atoms with Gasteiger partial charge in [0.1, 0.15) is 12.6 Å². The number of hydrogen-bond acceptors (Lipinski definition) is 4. The maximum Gasteiger partial charge on any atom is 0.407 e. The number of nitrogens with one attached hydrogen (secondary N) is 2. The average Bonchev–Trinajstić information content (AvgIpc) is 2.98. The minimum atomic E-state index is -0.881. The SMILES string of the molecule is CCC[C@@H](NC(=O)OCC1c2ccccc2-c2ccccc21)C(=O)N[C@@H]1CCCCC[C@@H]1C(=O)O. The Labute approximate surface area is 206 Å². The van der Waals surface area contributed by atoms with Crippen LogP contribution in [0.5, 0.6) is 0 Å². The van der Waals surface area contributed by atoms with E-state index in [-0.39, 0.29) is 18.4 Å². The van der Waals surface area contributed by atoms with Crippen LogP contribution in [0.1, 0.15) is 68.9 Å². The first-order chi connectivity index (χ1) is 17.0. The minimum absolute atomic E-state index is 0.0612. The molecule has 4 rings (SSSR count). The van der Waals surface area contributed by atoms with Crippen molar-refractivity contribution in [3.8, 4) is 11.1 Å². The summed E-state index contributed by atoms with van der Waals surface area (Å²) < 4.78 is 5.61. The van der Waals surface area contributed by atoms with Crippen molar-refractivity contribution in [2.75, 3.05) is 6.61 Å². The van der Waals surface area contributed by atoms with E-state index in [0.717, 1.165) is 41.5 Å². The molecule has 3 N–H and O–H groups in total. The zero-order valence-electron chi connectivity index (χ0n) is 20.2. The minimum Gasteiger partial charge on any atom is -0.481 e. The molecule has 0 aliphatic heterocycles. The molecule has 0 unspecified atom stereocenters. The predicted molar refractivity (Wildman–Crippen MR) is 133 cm³/mol. The number of aliphatic carboxylic acids is 1. The van der Waals surface area contributed by atoms with Gasteiger partial charge in [-0.1, -0.05) is 81.1 Å². The van der Waals surface area contributed by atoms with Crippen molar-refractivity contribution in [1.82, 2.24) is 10.6 Å². The molecule has 186 valence electrons. The Morgan fingerprint density at radius 1 is 0.971 bits per heavy atom. The molecule has 2 aliphatic carbocycles. The van der Waals surface area contributed by atoms with Crippen molar-refractivity contribution in [2.24, 2.45) is 5.92 Å². The number of ether oxygens (including phenoxy) is 1. The molecule has 2 aliphatic rings. The van der Waals surface area contributed by atoms with E-state index in [9.17, 15) is 19.5 Å². The number of hydrogen-bond donors (Lipinski definition) is 3. The topological polar surface area (TPSA) is 105 Å². The van der Waals surface area contributed by atoms with Crippen molar-refractivity contribution in [3.63, 3.8) is 0 Å². The zero-order chi connectivity index (χ0) is 24.8. The van der Waals surface area contributed by atoms with Crippen molar-refractivity contribution in [1.29, 1.82) is 0 Å². The first-order valence-electron chi connectivity index (χ1n) is 12.6. The van der Waals surface area contributed by atoms with Crippen LogP contribution < -0.4 is 10.6 Å². The van der Waals surface area contributed by atoms with Crippen LogP contribution in [0.2, 0.25) is 0 Å². The molecule has 2 amide bonds. The predicted octanol–water partition coefficient (Wildman–Crippen LogP) is 4.84. The maximum atomic E-state index is 13.0. The molecule has 1 saturated carbocycles. The molecule has 0 spiro atoms. The standard InChI is InChI=1S/C28H34N2O5/c1-2-10-25(26(31)29-24-16-5-3-4-15-22(24)27(32)33)30-28(34)35-17-23-20-13-8-6-11-18(20)19-12-7-9-14-21(19)23/h6-9,11-14,22-25H,2-5,10,15-17H2,1H3,(H,29,31)(H,30,34)(H,32,33)/t22-,24+,25+/m0/s1. The van der Waals surface area contributed by atoms with Gasteiger partial charge in [0.25, 0.3) is 0 Å². The molecule has 0 heterocycles. The Morgan fingerprint density at radius 2 is 1.60 bits per heavy atom. The smallest absolute Gasteiger partial charge is 0.407 e. The zero-order valence-corrected chi connectivity index (χ0v) is 20.2. The molecule has 7 heteroatoms. The molecule has 2 aromatic rings. The van der Waals surface area contributed by atoms with E-state index in [1.165, 1.54) is 0 Å². The van der Waals surface area contributed by atoms with Gasteiger partial charge < -0.3 is 20.5 Å². The van der Waals surface area contributed by atoms with Crippen LogP contribution in [0.3, 0.4) is 0 Å². The highest BCUT2D eigenvalue weighted by Crippen LogP contribution is 2.44. The molecule has 0 bridgehead atoms. The summed E-state index contributed by atoms with van der Waals surface area (Å²) in [5, 5.41) is 15.2. The second kappa shape index (κ2) is 11.4. The molecule has 0 aromatic heterocycles. The van der Waals surface area contributed by atoms with E-state index in [0.29, 0.717) is 25.7 Å². The van der Waals surface area contributed by atoms with E-state index in [4.69, 9.17) is 4.74 Å². The van der Waals surface area contributed by atoms with Gasteiger partial charge in [0.05, 0.1) is 5.92 Å². The van der Waals surface area contributed by atoms with Crippen LogP contribution in [0, 0.1) is 5.92 Å². The summed E-state index contributed by atoms with van der Waals surface area (Å²) in [5.74, 6) is -1.89. The Bertz CT molecular complexity index is 1020. The number of carboxylic acid groups (broad SMARTS) is 1.